The Bertz CT molecular complexity index is 550. The molecule has 0 aliphatic carbocycles. The van der Waals surface area contributed by atoms with Crippen LogP contribution in [0.25, 0.3) is 11.5 Å². The minimum absolute atomic E-state index is 0.00731. The van der Waals surface area contributed by atoms with Gasteiger partial charge in [0, 0.05) is 6.07 Å². The van der Waals surface area contributed by atoms with Gasteiger partial charge in [-0.25, -0.2) is 4.79 Å². The molecule has 0 aromatic carbocycles. The highest BCUT2D eigenvalue weighted by Crippen LogP contribution is 2.15. The number of rotatable bonds is 2. The molecule has 0 fully saturated rings. The van der Waals surface area contributed by atoms with E-state index >= 15 is 0 Å². The predicted molar refractivity (Wildman–Crippen MR) is 57.4 cm³/mol. The number of H-pyrrole nitrogens is 1. The summed E-state index contributed by atoms with van der Waals surface area (Å²) >= 11 is 0. The van der Waals surface area contributed by atoms with Crippen LogP contribution in [0.4, 0.5) is 0 Å². The fourth-order valence-corrected chi connectivity index (χ4v) is 1.15. The molecule has 8 heteroatoms. The number of hydrogen-bond donors (Lipinski definition) is 2. The zero-order chi connectivity index (χ0) is 12.6. The Kier molecular flexibility index (Phi) is 2.41. The predicted octanol–water partition coefficient (Wildman–Crippen LogP) is 0.516. The van der Waals surface area contributed by atoms with Gasteiger partial charge in [-0.2, -0.15) is 9.90 Å². The van der Waals surface area contributed by atoms with E-state index in [1.165, 1.54) is 10.9 Å². The van der Waals surface area contributed by atoms with Crippen molar-refractivity contribution in [2.75, 3.05) is 0 Å². The Morgan fingerprint density at radius 2 is 2.18 bits per heavy atom. The highest BCUT2D eigenvalue weighted by atomic mass is 16.4. The Morgan fingerprint density at radius 1 is 1.47 bits per heavy atom. The van der Waals surface area contributed by atoms with Gasteiger partial charge in [-0.3, -0.25) is 5.10 Å². The van der Waals surface area contributed by atoms with E-state index in [1.807, 2.05) is 20.8 Å². The van der Waals surface area contributed by atoms with Gasteiger partial charge in [0.15, 0.2) is 0 Å². The highest BCUT2D eigenvalue weighted by Gasteiger charge is 2.19. The largest absolute Gasteiger partial charge is 0.477 e. The molecule has 0 radical (unpaired) electrons. The van der Waals surface area contributed by atoms with E-state index in [-0.39, 0.29) is 11.2 Å². The van der Waals surface area contributed by atoms with Crippen molar-refractivity contribution < 1.29 is 9.90 Å². The summed E-state index contributed by atoms with van der Waals surface area (Å²) in [7, 11) is 0. The SMILES string of the molecule is CC(C)(C)n1nnc(-c2cc(C(=O)O)[nH]n2)n1. The fraction of sp³-hybridized carbons (Fsp3) is 0.444. The number of carboxylic acid groups (broad SMARTS) is 1. The third-order valence-electron chi connectivity index (χ3n) is 2.05. The summed E-state index contributed by atoms with van der Waals surface area (Å²) in [6.45, 7) is 5.81. The highest BCUT2D eigenvalue weighted by molar-refractivity contribution is 5.86. The fourth-order valence-electron chi connectivity index (χ4n) is 1.15. The van der Waals surface area contributed by atoms with Crippen LogP contribution in [-0.2, 0) is 5.54 Å². The Labute approximate surface area is 96.6 Å². The van der Waals surface area contributed by atoms with Gasteiger partial charge >= 0.3 is 5.97 Å². The second-order valence-corrected chi connectivity index (χ2v) is 4.55. The van der Waals surface area contributed by atoms with Crippen molar-refractivity contribution in [3.8, 4) is 11.5 Å². The van der Waals surface area contributed by atoms with Crippen LogP contribution < -0.4 is 0 Å². The molecule has 2 aromatic heterocycles. The van der Waals surface area contributed by atoms with Gasteiger partial charge in [0.05, 0.1) is 5.54 Å². The third-order valence-corrected chi connectivity index (χ3v) is 2.05. The van der Waals surface area contributed by atoms with Crippen molar-refractivity contribution in [2.24, 2.45) is 0 Å². The Morgan fingerprint density at radius 3 is 2.65 bits per heavy atom. The molecule has 0 bridgehead atoms. The lowest BCUT2D eigenvalue weighted by atomic mass is 10.1. The van der Waals surface area contributed by atoms with E-state index in [0.29, 0.717) is 11.5 Å². The monoisotopic (exact) mass is 236 g/mol. The average Bonchev–Trinajstić information content (AvgIpc) is 2.85. The molecule has 0 atom stereocenters. The van der Waals surface area contributed by atoms with Gasteiger partial charge in [0.2, 0.25) is 5.82 Å². The van der Waals surface area contributed by atoms with E-state index in [2.05, 4.69) is 25.6 Å². The smallest absolute Gasteiger partial charge is 0.353 e. The zero-order valence-electron chi connectivity index (χ0n) is 9.67. The van der Waals surface area contributed by atoms with Crippen molar-refractivity contribution >= 4 is 5.97 Å². The number of aromatic nitrogens is 6. The lowest BCUT2D eigenvalue weighted by molar-refractivity contribution is 0.0690. The normalized spacial score (nSPS) is 11.7. The minimum Gasteiger partial charge on any atom is -0.477 e. The standard InChI is InChI=1S/C9H12N6O2/c1-9(2,3)15-13-7(12-14-15)5-4-6(8(16)17)11-10-5/h4H,1-3H3,(H,10,11)(H,16,17). The summed E-state index contributed by atoms with van der Waals surface area (Å²) in [6, 6.07) is 1.37. The first-order chi connectivity index (χ1) is 7.88. The summed E-state index contributed by atoms with van der Waals surface area (Å²) in [5.41, 5.74) is 0.0713. The maximum absolute atomic E-state index is 10.7. The Hall–Kier alpha value is -2.25. The van der Waals surface area contributed by atoms with Crippen molar-refractivity contribution in [1.82, 2.24) is 30.4 Å². The summed E-state index contributed by atoms with van der Waals surface area (Å²) in [5.74, 6) is -0.782. The number of carbonyl (C=O) groups is 1. The number of hydrogen-bond acceptors (Lipinski definition) is 5. The van der Waals surface area contributed by atoms with Crippen LogP contribution in [0.1, 0.15) is 31.3 Å². The molecule has 0 aliphatic heterocycles. The zero-order valence-corrected chi connectivity index (χ0v) is 9.67. The molecule has 0 saturated heterocycles. The van der Waals surface area contributed by atoms with Gasteiger partial charge in [-0.05, 0) is 26.0 Å². The third kappa shape index (κ3) is 2.14. The van der Waals surface area contributed by atoms with Crippen molar-refractivity contribution in [3.63, 3.8) is 0 Å². The molecule has 90 valence electrons. The van der Waals surface area contributed by atoms with E-state index < -0.39 is 5.97 Å². The van der Waals surface area contributed by atoms with E-state index in [0.717, 1.165) is 0 Å². The first-order valence-electron chi connectivity index (χ1n) is 4.97. The maximum Gasteiger partial charge on any atom is 0.353 e. The van der Waals surface area contributed by atoms with Gasteiger partial charge in [-0.15, -0.1) is 10.2 Å². The minimum atomic E-state index is -1.08. The molecule has 0 spiro atoms. The van der Waals surface area contributed by atoms with Crippen LogP contribution in [0, 0.1) is 0 Å². The van der Waals surface area contributed by atoms with Crippen LogP contribution in [0.15, 0.2) is 6.07 Å². The van der Waals surface area contributed by atoms with Gasteiger partial charge < -0.3 is 5.11 Å². The van der Waals surface area contributed by atoms with Crippen LogP contribution in [0.3, 0.4) is 0 Å². The summed E-state index contributed by atoms with van der Waals surface area (Å²) < 4.78 is 0. The summed E-state index contributed by atoms with van der Waals surface area (Å²) in [6.07, 6.45) is 0. The molecule has 0 aliphatic rings. The number of carboxylic acids is 1. The van der Waals surface area contributed by atoms with E-state index in [4.69, 9.17) is 5.11 Å². The molecule has 2 rings (SSSR count). The van der Waals surface area contributed by atoms with Crippen molar-refractivity contribution in [3.05, 3.63) is 11.8 Å². The van der Waals surface area contributed by atoms with Crippen LogP contribution in [0.5, 0.6) is 0 Å². The van der Waals surface area contributed by atoms with E-state index in [9.17, 15) is 4.79 Å². The molecule has 2 aromatic rings. The number of aromatic amines is 1. The second-order valence-electron chi connectivity index (χ2n) is 4.55. The van der Waals surface area contributed by atoms with Crippen LogP contribution in [-0.4, -0.2) is 41.5 Å². The molecule has 17 heavy (non-hydrogen) atoms. The topological polar surface area (TPSA) is 110 Å². The molecule has 2 N–H and O–H groups in total. The van der Waals surface area contributed by atoms with Gasteiger partial charge in [0.25, 0.3) is 0 Å². The Balaban J connectivity index is 2.34. The molecule has 0 unspecified atom stereocenters. The second kappa shape index (κ2) is 3.65. The lowest BCUT2D eigenvalue weighted by Crippen LogP contribution is -2.24. The first-order valence-corrected chi connectivity index (χ1v) is 4.97. The molecule has 8 nitrogen and oxygen atoms in total. The first kappa shape index (κ1) is 11.2. The number of nitrogens with zero attached hydrogens (tertiary/aromatic N) is 5. The molecular formula is C9H12N6O2. The van der Waals surface area contributed by atoms with Gasteiger partial charge in [0.1, 0.15) is 11.4 Å². The van der Waals surface area contributed by atoms with E-state index in [1.54, 1.807) is 0 Å². The molecule has 2 heterocycles. The van der Waals surface area contributed by atoms with Crippen molar-refractivity contribution in [2.45, 2.75) is 26.3 Å². The van der Waals surface area contributed by atoms with Crippen LogP contribution in [0.2, 0.25) is 0 Å². The van der Waals surface area contributed by atoms with Gasteiger partial charge in [-0.1, -0.05) is 0 Å². The maximum atomic E-state index is 10.7. The molecule has 0 amide bonds. The summed E-state index contributed by atoms with van der Waals surface area (Å²) in [5, 5.41) is 26.8. The quantitative estimate of drug-likeness (QED) is 0.786. The van der Waals surface area contributed by atoms with Crippen molar-refractivity contribution in [1.29, 1.82) is 0 Å². The number of nitrogens with one attached hydrogen (secondary N) is 1. The average molecular weight is 236 g/mol. The summed E-state index contributed by atoms with van der Waals surface area (Å²) in [4.78, 5) is 12.1. The lowest BCUT2D eigenvalue weighted by Gasteiger charge is -2.15. The molecule has 0 saturated carbocycles. The number of aromatic carboxylic acids is 1. The molecular weight excluding hydrogens is 224 g/mol. The number of tetrazole rings is 1. The van der Waals surface area contributed by atoms with Crippen LogP contribution >= 0.6 is 0 Å².